The largest absolute Gasteiger partial charge is 0.453 e. The fourth-order valence-corrected chi connectivity index (χ4v) is 2.26. The molecule has 2 aromatic heterocycles. The van der Waals surface area contributed by atoms with Gasteiger partial charge in [0.2, 0.25) is 0 Å². The highest BCUT2D eigenvalue weighted by molar-refractivity contribution is 6.35. The second-order valence-electron chi connectivity index (χ2n) is 4.75. The van der Waals surface area contributed by atoms with E-state index in [0.29, 0.717) is 16.5 Å². The molecule has 2 heterocycles. The molecule has 0 saturated heterocycles. The van der Waals surface area contributed by atoms with Crippen molar-refractivity contribution in [2.24, 2.45) is 5.73 Å². The summed E-state index contributed by atoms with van der Waals surface area (Å²) < 4.78 is 5.86. The smallest absolute Gasteiger partial charge is 0.153 e. The van der Waals surface area contributed by atoms with Crippen molar-refractivity contribution in [3.05, 3.63) is 59.5 Å². The molecule has 0 aliphatic heterocycles. The molecule has 0 bridgehead atoms. The predicted molar refractivity (Wildman–Crippen MR) is 83.7 cm³/mol. The highest BCUT2D eigenvalue weighted by atomic mass is 35.5. The summed E-state index contributed by atoms with van der Waals surface area (Å²) in [5.74, 6) is 1.28. The van der Waals surface area contributed by atoms with Crippen molar-refractivity contribution < 1.29 is 4.74 Å². The maximum atomic E-state index is 6.17. The van der Waals surface area contributed by atoms with E-state index in [1.165, 1.54) is 0 Å². The number of hydrogen-bond acceptors (Lipinski definition) is 4. The van der Waals surface area contributed by atoms with E-state index in [0.717, 1.165) is 16.6 Å². The normalized spacial score (nSPS) is 12.3. The van der Waals surface area contributed by atoms with Crippen LogP contribution in [0.15, 0.2) is 48.8 Å². The maximum Gasteiger partial charge on any atom is 0.153 e. The summed E-state index contributed by atoms with van der Waals surface area (Å²) in [7, 11) is 0. The molecule has 0 radical (unpaired) electrons. The average molecular weight is 300 g/mol. The van der Waals surface area contributed by atoms with Crippen LogP contribution >= 0.6 is 11.6 Å². The van der Waals surface area contributed by atoms with Gasteiger partial charge in [-0.2, -0.15) is 0 Å². The summed E-state index contributed by atoms with van der Waals surface area (Å²) in [5.41, 5.74) is 7.32. The zero-order chi connectivity index (χ0) is 14.8. The molecule has 0 amide bonds. The molecule has 106 valence electrons. The lowest BCUT2D eigenvalue weighted by Crippen LogP contribution is -2.06. The molecule has 4 nitrogen and oxygen atoms in total. The molecule has 3 aromatic rings. The number of hydrogen-bond donors (Lipinski definition) is 1. The van der Waals surface area contributed by atoms with Crippen molar-refractivity contribution in [2.45, 2.75) is 13.0 Å². The van der Waals surface area contributed by atoms with Gasteiger partial charge >= 0.3 is 0 Å². The van der Waals surface area contributed by atoms with Crippen LogP contribution in [0.3, 0.4) is 0 Å². The van der Waals surface area contributed by atoms with Crippen molar-refractivity contribution in [1.82, 2.24) is 9.97 Å². The molecule has 0 fully saturated rings. The van der Waals surface area contributed by atoms with Gasteiger partial charge in [0.15, 0.2) is 5.75 Å². The quantitative estimate of drug-likeness (QED) is 0.791. The number of aromatic nitrogens is 2. The minimum Gasteiger partial charge on any atom is -0.453 e. The molecule has 2 N–H and O–H groups in total. The first-order valence-electron chi connectivity index (χ1n) is 6.58. The Kier molecular flexibility index (Phi) is 3.73. The fraction of sp³-hybridized carbons (Fsp3) is 0.125. The van der Waals surface area contributed by atoms with E-state index in [4.69, 9.17) is 22.1 Å². The Hall–Kier alpha value is -2.17. The van der Waals surface area contributed by atoms with Crippen LogP contribution in [-0.4, -0.2) is 9.97 Å². The predicted octanol–water partition coefficient (Wildman–Crippen LogP) is 4.10. The van der Waals surface area contributed by atoms with Crippen molar-refractivity contribution in [2.75, 3.05) is 0 Å². The Balaban J connectivity index is 1.96. The fourth-order valence-electron chi connectivity index (χ4n) is 2.04. The second kappa shape index (κ2) is 5.68. The monoisotopic (exact) mass is 299 g/mol. The van der Waals surface area contributed by atoms with Gasteiger partial charge < -0.3 is 10.5 Å². The van der Waals surface area contributed by atoms with E-state index in [9.17, 15) is 0 Å². The third-order valence-corrected chi connectivity index (χ3v) is 3.46. The molecule has 1 aromatic carbocycles. The van der Waals surface area contributed by atoms with E-state index < -0.39 is 0 Å². The number of nitrogens with two attached hydrogens (primary N) is 1. The Morgan fingerprint density at radius 1 is 1.14 bits per heavy atom. The summed E-state index contributed by atoms with van der Waals surface area (Å²) in [6.45, 7) is 1.89. The van der Waals surface area contributed by atoms with Crippen LogP contribution in [0.2, 0.25) is 5.02 Å². The van der Waals surface area contributed by atoms with Gasteiger partial charge in [-0.15, -0.1) is 0 Å². The Bertz CT molecular complexity index is 772. The SMILES string of the molecule is CC(N)c1ccc(Oc2ccc(Cl)c3cccnc23)cn1. The summed E-state index contributed by atoms with van der Waals surface area (Å²) in [4.78, 5) is 8.61. The van der Waals surface area contributed by atoms with E-state index in [1.54, 1.807) is 24.5 Å². The molecular weight excluding hydrogens is 286 g/mol. The van der Waals surface area contributed by atoms with Crippen LogP contribution in [0, 0.1) is 0 Å². The van der Waals surface area contributed by atoms with Crippen LogP contribution in [0.5, 0.6) is 11.5 Å². The average Bonchev–Trinajstić information content (AvgIpc) is 2.51. The number of rotatable bonds is 3. The molecule has 0 aliphatic rings. The minimum atomic E-state index is -0.0999. The molecule has 21 heavy (non-hydrogen) atoms. The molecule has 1 unspecified atom stereocenters. The number of fused-ring (bicyclic) bond motifs is 1. The molecule has 5 heteroatoms. The van der Waals surface area contributed by atoms with Gasteiger partial charge in [-0.25, -0.2) is 0 Å². The lowest BCUT2D eigenvalue weighted by molar-refractivity contribution is 0.484. The van der Waals surface area contributed by atoms with Crippen molar-refractivity contribution in [3.8, 4) is 11.5 Å². The van der Waals surface area contributed by atoms with Crippen LogP contribution in [0.1, 0.15) is 18.7 Å². The van der Waals surface area contributed by atoms with Gasteiger partial charge in [-0.05, 0) is 43.3 Å². The third kappa shape index (κ3) is 2.82. The maximum absolute atomic E-state index is 6.17. The van der Waals surface area contributed by atoms with Gasteiger partial charge in [0, 0.05) is 17.6 Å². The van der Waals surface area contributed by atoms with Crippen LogP contribution in [0.4, 0.5) is 0 Å². The topological polar surface area (TPSA) is 61.0 Å². The number of nitrogens with zero attached hydrogens (tertiary/aromatic N) is 2. The van der Waals surface area contributed by atoms with E-state index >= 15 is 0 Å². The Morgan fingerprint density at radius 3 is 2.71 bits per heavy atom. The lowest BCUT2D eigenvalue weighted by Gasteiger charge is -2.10. The molecule has 0 spiro atoms. The summed E-state index contributed by atoms with van der Waals surface area (Å²) in [6.07, 6.45) is 3.37. The minimum absolute atomic E-state index is 0.0999. The third-order valence-electron chi connectivity index (χ3n) is 3.13. The Morgan fingerprint density at radius 2 is 2.00 bits per heavy atom. The van der Waals surface area contributed by atoms with Crippen LogP contribution in [-0.2, 0) is 0 Å². The van der Waals surface area contributed by atoms with Gasteiger partial charge in [-0.3, -0.25) is 9.97 Å². The molecular formula is C16H14ClN3O. The highest BCUT2D eigenvalue weighted by Gasteiger charge is 2.08. The number of benzene rings is 1. The summed E-state index contributed by atoms with van der Waals surface area (Å²) in [5, 5.41) is 1.51. The first-order chi connectivity index (χ1) is 10.1. The number of ether oxygens (including phenoxy) is 1. The molecule has 1 atom stereocenters. The first kappa shape index (κ1) is 13.8. The zero-order valence-corrected chi connectivity index (χ0v) is 12.2. The van der Waals surface area contributed by atoms with Crippen molar-refractivity contribution >= 4 is 22.5 Å². The highest BCUT2D eigenvalue weighted by Crippen LogP contribution is 2.32. The van der Waals surface area contributed by atoms with E-state index in [-0.39, 0.29) is 6.04 Å². The van der Waals surface area contributed by atoms with Crippen LogP contribution in [0.25, 0.3) is 10.9 Å². The molecule has 3 rings (SSSR count). The first-order valence-corrected chi connectivity index (χ1v) is 6.95. The number of halogens is 1. The zero-order valence-electron chi connectivity index (χ0n) is 11.5. The van der Waals surface area contributed by atoms with Crippen LogP contribution < -0.4 is 10.5 Å². The Labute approximate surface area is 127 Å². The number of pyridine rings is 2. The van der Waals surface area contributed by atoms with Crippen molar-refractivity contribution in [3.63, 3.8) is 0 Å². The van der Waals surface area contributed by atoms with Gasteiger partial charge in [0.25, 0.3) is 0 Å². The summed E-state index contributed by atoms with van der Waals surface area (Å²) >= 11 is 6.17. The van der Waals surface area contributed by atoms with E-state index in [2.05, 4.69) is 9.97 Å². The lowest BCUT2D eigenvalue weighted by atomic mass is 10.2. The van der Waals surface area contributed by atoms with E-state index in [1.807, 2.05) is 31.2 Å². The van der Waals surface area contributed by atoms with Gasteiger partial charge in [0.1, 0.15) is 11.3 Å². The van der Waals surface area contributed by atoms with Crippen molar-refractivity contribution in [1.29, 1.82) is 0 Å². The molecule has 0 aliphatic carbocycles. The summed E-state index contributed by atoms with van der Waals surface area (Å²) in [6, 6.07) is 11.0. The van der Waals surface area contributed by atoms with Gasteiger partial charge in [-0.1, -0.05) is 11.6 Å². The van der Waals surface area contributed by atoms with Gasteiger partial charge in [0.05, 0.1) is 16.9 Å². The standard InChI is InChI=1S/C16H14ClN3O/c1-10(18)14-6-4-11(9-20-14)21-15-7-5-13(17)12-3-2-8-19-16(12)15/h2-10H,18H2,1H3. The molecule has 0 saturated carbocycles. The second-order valence-corrected chi connectivity index (χ2v) is 5.16.